The molecule has 0 aliphatic rings. The summed E-state index contributed by atoms with van der Waals surface area (Å²) in [7, 11) is 0. The SMILES string of the molecule is OCCC=C=CBr. The first-order valence-electron chi connectivity index (χ1n) is 2.02. The zero-order chi connectivity index (χ0) is 5.54. The van der Waals surface area contributed by atoms with Crippen molar-refractivity contribution >= 4 is 15.9 Å². The first-order valence-corrected chi connectivity index (χ1v) is 2.94. The third-order valence-corrected chi connectivity index (χ3v) is 0.719. The van der Waals surface area contributed by atoms with Crippen molar-refractivity contribution < 1.29 is 5.11 Å². The molecule has 0 saturated heterocycles. The lowest BCUT2D eigenvalue weighted by atomic mass is 10.4. The van der Waals surface area contributed by atoms with Gasteiger partial charge in [0.05, 0.1) is 0 Å². The van der Waals surface area contributed by atoms with E-state index in [1.165, 1.54) is 0 Å². The van der Waals surface area contributed by atoms with E-state index >= 15 is 0 Å². The van der Waals surface area contributed by atoms with Crippen LogP contribution < -0.4 is 0 Å². The molecular formula is C5H7BrO. The molecule has 0 saturated carbocycles. The normalized spacial score (nSPS) is 7.14. The van der Waals surface area contributed by atoms with E-state index in [-0.39, 0.29) is 6.61 Å². The van der Waals surface area contributed by atoms with Crippen molar-refractivity contribution in [3.8, 4) is 0 Å². The van der Waals surface area contributed by atoms with Crippen LogP contribution in [0.3, 0.4) is 0 Å². The Morgan fingerprint density at radius 3 is 2.86 bits per heavy atom. The minimum atomic E-state index is 0.202. The van der Waals surface area contributed by atoms with Gasteiger partial charge in [-0.05, 0) is 12.5 Å². The van der Waals surface area contributed by atoms with E-state index < -0.39 is 0 Å². The van der Waals surface area contributed by atoms with Gasteiger partial charge in [0.25, 0.3) is 0 Å². The van der Waals surface area contributed by atoms with E-state index in [1.54, 1.807) is 11.1 Å². The molecule has 0 atom stereocenters. The van der Waals surface area contributed by atoms with Crippen LogP contribution in [0.4, 0.5) is 0 Å². The Hall–Kier alpha value is -0.0400. The predicted molar refractivity (Wildman–Crippen MR) is 33.3 cm³/mol. The molecule has 1 nitrogen and oxygen atoms in total. The molecule has 0 heterocycles. The van der Waals surface area contributed by atoms with E-state index in [0.717, 1.165) is 0 Å². The molecule has 0 spiro atoms. The van der Waals surface area contributed by atoms with Crippen LogP contribution in [-0.4, -0.2) is 11.7 Å². The van der Waals surface area contributed by atoms with Gasteiger partial charge in [-0.15, -0.1) is 5.73 Å². The predicted octanol–water partition coefficient (Wildman–Crippen LogP) is 1.43. The van der Waals surface area contributed by atoms with E-state index in [0.29, 0.717) is 6.42 Å². The summed E-state index contributed by atoms with van der Waals surface area (Å²) in [5, 5.41) is 8.19. The van der Waals surface area contributed by atoms with Crippen LogP contribution >= 0.6 is 15.9 Å². The molecule has 0 aliphatic carbocycles. The molecule has 0 fully saturated rings. The second-order valence-electron chi connectivity index (χ2n) is 0.992. The van der Waals surface area contributed by atoms with Gasteiger partial charge in [-0.1, -0.05) is 15.9 Å². The molecular weight excluding hydrogens is 156 g/mol. The maximum absolute atomic E-state index is 8.19. The fourth-order valence-electron chi connectivity index (χ4n) is 0.192. The Morgan fingerprint density at radius 1 is 1.71 bits per heavy atom. The van der Waals surface area contributed by atoms with Crippen molar-refractivity contribution in [1.29, 1.82) is 0 Å². The van der Waals surface area contributed by atoms with Crippen molar-refractivity contribution in [3.05, 3.63) is 16.8 Å². The lowest BCUT2D eigenvalue weighted by Crippen LogP contribution is -1.72. The Balaban J connectivity index is 3.10. The second kappa shape index (κ2) is 5.96. The summed E-state index contributed by atoms with van der Waals surface area (Å²) in [5.41, 5.74) is 2.76. The van der Waals surface area contributed by atoms with Crippen LogP contribution in [0.5, 0.6) is 0 Å². The molecule has 1 N–H and O–H groups in total. The van der Waals surface area contributed by atoms with Crippen LogP contribution in [-0.2, 0) is 0 Å². The summed E-state index contributed by atoms with van der Waals surface area (Å²) in [6.07, 6.45) is 2.44. The van der Waals surface area contributed by atoms with Gasteiger partial charge in [-0.2, -0.15) is 0 Å². The van der Waals surface area contributed by atoms with E-state index in [1.807, 2.05) is 0 Å². The van der Waals surface area contributed by atoms with Crippen LogP contribution in [0.25, 0.3) is 0 Å². The first kappa shape index (κ1) is 6.96. The molecule has 0 unspecified atom stereocenters. The zero-order valence-electron chi connectivity index (χ0n) is 3.89. The second-order valence-corrected chi connectivity index (χ2v) is 1.45. The largest absolute Gasteiger partial charge is 0.396 e. The zero-order valence-corrected chi connectivity index (χ0v) is 5.48. The summed E-state index contributed by atoms with van der Waals surface area (Å²) in [6, 6.07) is 0. The average Bonchev–Trinajstić information content (AvgIpc) is 1.69. The number of aliphatic hydroxyl groups excluding tert-OH is 1. The highest BCUT2D eigenvalue weighted by atomic mass is 79.9. The molecule has 0 amide bonds. The molecule has 0 radical (unpaired) electrons. The molecule has 2 heteroatoms. The van der Waals surface area contributed by atoms with Gasteiger partial charge in [0.2, 0.25) is 0 Å². The van der Waals surface area contributed by atoms with E-state index in [4.69, 9.17) is 5.11 Å². The Kier molecular flexibility index (Phi) is 5.93. The minimum Gasteiger partial charge on any atom is -0.396 e. The first-order chi connectivity index (χ1) is 3.41. The summed E-state index contributed by atoms with van der Waals surface area (Å²) in [4.78, 5) is 1.63. The minimum absolute atomic E-state index is 0.202. The van der Waals surface area contributed by atoms with Gasteiger partial charge in [0.15, 0.2) is 0 Å². The van der Waals surface area contributed by atoms with Gasteiger partial charge in [0.1, 0.15) is 0 Å². The third kappa shape index (κ3) is 5.96. The van der Waals surface area contributed by atoms with Crippen molar-refractivity contribution in [1.82, 2.24) is 0 Å². The molecule has 0 bridgehead atoms. The number of halogens is 1. The lowest BCUT2D eigenvalue weighted by Gasteiger charge is -1.74. The summed E-state index contributed by atoms with van der Waals surface area (Å²) in [6.45, 7) is 0.202. The summed E-state index contributed by atoms with van der Waals surface area (Å²) < 4.78 is 0. The highest BCUT2D eigenvalue weighted by Crippen LogP contribution is 1.80. The third-order valence-electron chi connectivity index (χ3n) is 0.454. The Bertz CT molecular complexity index is 82.1. The fraction of sp³-hybridized carbons (Fsp3) is 0.400. The summed E-state index contributed by atoms with van der Waals surface area (Å²) >= 11 is 3.03. The molecule has 0 rings (SSSR count). The standard InChI is InChI=1S/C5H7BrO/c6-4-2-1-3-5-7/h1,4,7H,3,5H2. The van der Waals surface area contributed by atoms with Gasteiger partial charge in [-0.3, -0.25) is 0 Å². The quantitative estimate of drug-likeness (QED) is 0.610. The van der Waals surface area contributed by atoms with E-state index in [9.17, 15) is 0 Å². The average molecular weight is 163 g/mol. The molecule has 7 heavy (non-hydrogen) atoms. The topological polar surface area (TPSA) is 20.2 Å². The van der Waals surface area contributed by atoms with Gasteiger partial charge in [0, 0.05) is 11.6 Å². The van der Waals surface area contributed by atoms with Crippen molar-refractivity contribution in [2.75, 3.05) is 6.61 Å². The molecule has 0 aliphatic heterocycles. The number of aliphatic hydroxyl groups is 1. The van der Waals surface area contributed by atoms with Crippen LogP contribution in [0.1, 0.15) is 6.42 Å². The Labute approximate surface area is 51.5 Å². The maximum Gasteiger partial charge on any atom is 0.0471 e. The monoisotopic (exact) mass is 162 g/mol. The lowest BCUT2D eigenvalue weighted by molar-refractivity contribution is 0.302. The molecule has 0 aromatic carbocycles. The summed E-state index contributed by atoms with van der Waals surface area (Å²) in [5.74, 6) is 0. The van der Waals surface area contributed by atoms with Crippen LogP contribution in [0.15, 0.2) is 16.8 Å². The number of rotatable bonds is 2. The van der Waals surface area contributed by atoms with Crippen molar-refractivity contribution in [2.24, 2.45) is 0 Å². The Morgan fingerprint density at radius 2 is 2.43 bits per heavy atom. The molecule has 0 aromatic rings. The number of hydrogen-bond acceptors (Lipinski definition) is 1. The van der Waals surface area contributed by atoms with Crippen molar-refractivity contribution in [3.63, 3.8) is 0 Å². The van der Waals surface area contributed by atoms with Gasteiger partial charge >= 0.3 is 0 Å². The highest BCUT2D eigenvalue weighted by molar-refractivity contribution is 9.11. The maximum atomic E-state index is 8.19. The number of hydrogen-bond donors (Lipinski definition) is 1. The van der Waals surface area contributed by atoms with Crippen LogP contribution in [0, 0.1) is 0 Å². The van der Waals surface area contributed by atoms with Gasteiger partial charge < -0.3 is 5.11 Å². The van der Waals surface area contributed by atoms with Crippen molar-refractivity contribution in [2.45, 2.75) is 6.42 Å². The van der Waals surface area contributed by atoms with E-state index in [2.05, 4.69) is 21.7 Å². The smallest absolute Gasteiger partial charge is 0.0471 e. The van der Waals surface area contributed by atoms with Gasteiger partial charge in [-0.25, -0.2) is 0 Å². The van der Waals surface area contributed by atoms with Crippen LogP contribution in [0.2, 0.25) is 0 Å². The highest BCUT2D eigenvalue weighted by Gasteiger charge is 1.66. The molecule has 0 aromatic heterocycles. The fourth-order valence-corrected chi connectivity index (χ4v) is 0.379. The molecule has 40 valence electrons.